The number of H-pyrrole nitrogens is 1. The number of carboxylic acid groups (broad SMARTS) is 1. The van der Waals surface area contributed by atoms with Crippen molar-refractivity contribution < 1.29 is 24.1 Å². The number of halogens is 1. The van der Waals surface area contributed by atoms with Crippen molar-refractivity contribution >= 4 is 35.4 Å². The van der Waals surface area contributed by atoms with Crippen LogP contribution < -0.4 is 14.2 Å². The van der Waals surface area contributed by atoms with Gasteiger partial charge in [-0.3, -0.25) is 5.10 Å². The van der Waals surface area contributed by atoms with Gasteiger partial charge in [-0.15, -0.1) is 5.10 Å². The van der Waals surface area contributed by atoms with Crippen molar-refractivity contribution in [1.82, 2.24) is 15.2 Å². The number of hydrogen-bond donors (Lipinski definition) is 2. The van der Waals surface area contributed by atoms with Crippen molar-refractivity contribution in [2.45, 2.75) is 5.16 Å². The van der Waals surface area contributed by atoms with E-state index in [1.807, 2.05) is 0 Å². The number of methoxy groups -OCH3 is 3. The summed E-state index contributed by atoms with van der Waals surface area (Å²) >= 11 is 6.93. The number of aromatic nitrogens is 3. The highest BCUT2D eigenvalue weighted by atomic mass is 35.5. The fraction of sp³-hybridized carbons (Fsp3) is 0.150. The molecule has 0 saturated carbocycles. The first-order chi connectivity index (χ1) is 14.4. The second-order valence-electron chi connectivity index (χ2n) is 5.87. The summed E-state index contributed by atoms with van der Waals surface area (Å²) in [6, 6.07) is 10.2. The molecule has 1 aromatic heterocycles. The van der Waals surface area contributed by atoms with Crippen LogP contribution >= 0.6 is 23.4 Å². The van der Waals surface area contributed by atoms with Crippen LogP contribution in [0.15, 0.2) is 46.5 Å². The predicted molar refractivity (Wildman–Crippen MR) is 114 cm³/mol. The van der Waals surface area contributed by atoms with Gasteiger partial charge in [0.1, 0.15) is 22.2 Å². The molecule has 0 saturated heterocycles. The van der Waals surface area contributed by atoms with E-state index in [1.165, 1.54) is 13.2 Å². The number of thioether (sulfide) groups is 1. The van der Waals surface area contributed by atoms with Gasteiger partial charge in [-0.25, -0.2) is 9.78 Å². The van der Waals surface area contributed by atoms with Gasteiger partial charge in [0.2, 0.25) is 5.16 Å². The summed E-state index contributed by atoms with van der Waals surface area (Å²) in [5, 5.41) is 17.2. The van der Waals surface area contributed by atoms with Crippen molar-refractivity contribution in [3.63, 3.8) is 0 Å². The van der Waals surface area contributed by atoms with Crippen molar-refractivity contribution in [3.8, 4) is 28.6 Å². The predicted octanol–water partition coefficient (Wildman–Crippen LogP) is 4.37. The quantitative estimate of drug-likeness (QED) is 0.387. The van der Waals surface area contributed by atoms with Crippen LogP contribution in [0.4, 0.5) is 0 Å². The first-order valence-electron chi connectivity index (χ1n) is 8.55. The van der Waals surface area contributed by atoms with Gasteiger partial charge in [0.15, 0.2) is 5.82 Å². The minimum Gasteiger partial charge on any atom is -0.497 e. The zero-order valence-corrected chi connectivity index (χ0v) is 17.9. The van der Waals surface area contributed by atoms with E-state index in [-0.39, 0.29) is 10.1 Å². The number of hydrogen-bond acceptors (Lipinski definition) is 7. The van der Waals surface area contributed by atoms with E-state index in [2.05, 4.69) is 15.2 Å². The molecule has 10 heteroatoms. The highest BCUT2D eigenvalue weighted by molar-refractivity contribution is 8.04. The number of ether oxygens (including phenoxy) is 3. The van der Waals surface area contributed by atoms with Crippen molar-refractivity contribution in [2.24, 2.45) is 0 Å². The van der Waals surface area contributed by atoms with Crippen molar-refractivity contribution in [1.29, 1.82) is 0 Å². The van der Waals surface area contributed by atoms with E-state index < -0.39 is 5.97 Å². The summed E-state index contributed by atoms with van der Waals surface area (Å²) < 4.78 is 15.8. The Morgan fingerprint density at radius 3 is 2.40 bits per heavy atom. The summed E-state index contributed by atoms with van der Waals surface area (Å²) in [5.74, 6) is 0.998. The molecule has 0 spiro atoms. The summed E-state index contributed by atoms with van der Waals surface area (Å²) in [5.41, 5.74) is 1.21. The van der Waals surface area contributed by atoms with Gasteiger partial charge in [0.25, 0.3) is 0 Å². The van der Waals surface area contributed by atoms with E-state index in [9.17, 15) is 9.90 Å². The summed E-state index contributed by atoms with van der Waals surface area (Å²) in [6.45, 7) is 0. The van der Waals surface area contributed by atoms with E-state index in [4.69, 9.17) is 25.8 Å². The standard InChI is InChI=1S/C20H18ClN3O5S/c1-27-14-7-12(8-15(10-14)28-2)18-22-20(24-23-18)30-17(19(25)26)9-11-6-13(21)4-5-16(11)29-3/h4-10H,1-3H3,(H,25,26)(H,22,23,24)/b17-9-. The molecule has 0 aliphatic carbocycles. The molecular weight excluding hydrogens is 430 g/mol. The van der Waals surface area contributed by atoms with Crippen LogP contribution in [-0.4, -0.2) is 47.6 Å². The van der Waals surface area contributed by atoms with Crippen LogP contribution in [0, 0.1) is 0 Å². The lowest BCUT2D eigenvalue weighted by atomic mass is 10.2. The van der Waals surface area contributed by atoms with Gasteiger partial charge in [0, 0.05) is 22.2 Å². The zero-order chi connectivity index (χ0) is 21.7. The topological polar surface area (TPSA) is 107 Å². The number of aromatic amines is 1. The molecule has 0 bridgehead atoms. The SMILES string of the molecule is COc1cc(OC)cc(-c2nc(S/C(=C\c3cc(Cl)ccc3OC)C(=O)O)n[nH]2)c1. The lowest BCUT2D eigenvalue weighted by Gasteiger charge is -2.06. The molecule has 0 radical (unpaired) electrons. The van der Waals surface area contributed by atoms with Gasteiger partial charge >= 0.3 is 5.97 Å². The molecule has 30 heavy (non-hydrogen) atoms. The fourth-order valence-electron chi connectivity index (χ4n) is 2.56. The lowest BCUT2D eigenvalue weighted by molar-refractivity contribution is -0.131. The number of carboxylic acids is 1. The fourth-order valence-corrected chi connectivity index (χ4v) is 3.44. The average Bonchev–Trinajstić information content (AvgIpc) is 3.21. The van der Waals surface area contributed by atoms with E-state index >= 15 is 0 Å². The molecule has 2 aromatic carbocycles. The molecule has 156 valence electrons. The first kappa shape index (κ1) is 21.5. The van der Waals surface area contributed by atoms with Crippen LogP contribution in [0.25, 0.3) is 17.5 Å². The highest BCUT2D eigenvalue weighted by Gasteiger charge is 2.16. The third-order valence-electron chi connectivity index (χ3n) is 3.98. The van der Waals surface area contributed by atoms with Crippen LogP contribution in [-0.2, 0) is 4.79 Å². The average molecular weight is 448 g/mol. The molecule has 1 heterocycles. The Kier molecular flexibility index (Phi) is 6.86. The van der Waals surface area contributed by atoms with Gasteiger partial charge in [-0.1, -0.05) is 11.6 Å². The molecule has 0 aliphatic heterocycles. The maximum atomic E-state index is 11.8. The lowest BCUT2D eigenvalue weighted by Crippen LogP contribution is -1.98. The third-order valence-corrected chi connectivity index (χ3v) is 5.09. The van der Waals surface area contributed by atoms with E-state index in [0.29, 0.717) is 39.2 Å². The molecule has 0 atom stereocenters. The summed E-state index contributed by atoms with van der Waals surface area (Å²) in [4.78, 5) is 16.2. The van der Waals surface area contributed by atoms with Gasteiger partial charge in [-0.2, -0.15) is 0 Å². The molecule has 0 amide bonds. The van der Waals surface area contributed by atoms with Crippen LogP contribution in [0.5, 0.6) is 17.2 Å². The largest absolute Gasteiger partial charge is 0.497 e. The molecule has 0 aliphatic rings. The van der Waals surface area contributed by atoms with Crippen LogP contribution in [0.2, 0.25) is 5.02 Å². The second-order valence-corrected chi connectivity index (χ2v) is 7.32. The minimum atomic E-state index is -1.13. The molecular formula is C20H18ClN3O5S. The minimum absolute atomic E-state index is 0.00402. The van der Waals surface area contributed by atoms with Gasteiger partial charge in [0.05, 0.1) is 21.3 Å². The van der Waals surface area contributed by atoms with Crippen LogP contribution in [0.3, 0.4) is 0 Å². The number of carbonyl (C=O) groups is 1. The number of nitrogens with one attached hydrogen (secondary N) is 1. The first-order valence-corrected chi connectivity index (χ1v) is 9.75. The molecule has 3 aromatic rings. The number of nitrogens with zero attached hydrogens (tertiary/aromatic N) is 2. The molecule has 3 rings (SSSR count). The molecule has 2 N–H and O–H groups in total. The smallest absolute Gasteiger partial charge is 0.342 e. The molecule has 0 unspecified atom stereocenters. The Labute approximate surface area is 181 Å². The summed E-state index contributed by atoms with van der Waals surface area (Å²) in [6.07, 6.45) is 1.46. The maximum absolute atomic E-state index is 11.8. The number of aliphatic carboxylic acids is 1. The van der Waals surface area contributed by atoms with Gasteiger partial charge in [-0.05, 0) is 48.2 Å². The van der Waals surface area contributed by atoms with Crippen LogP contribution in [0.1, 0.15) is 5.56 Å². The summed E-state index contributed by atoms with van der Waals surface area (Å²) in [7, 11) is 4.60. The Morgan fingerprint density at radius 2 is 1.80 bits per heavy atom. The Balaban J connectivity index is 1.91. The maximum Gasteiger partial charge on any atom is 0.342 e. The van der Waals surface area contributed by atoms with Crippen molar-refractivity contribution in [2.75, 3.05) is 21.3 Å². The number of rotatable bonds is 8. The normalized spacial score (nSPS) is 11.3. The highest BCUT2D eigenvalue weighted by Crippen LogP contribution is 2.32. The van der Waals surface area contributed by atoms with E-state index in [0.717, 1.165) is 11.8 Å². The van der Waals surface area contributed by atoms with E-state index in [1.54, 1.807) is 50.6 Å². The van der Waals surface area contributed by atoms with Crippen molar-refractivity contribution in [3.05, 3.63) is 51.9 Å². The second kappa shape index (κ2) is 9.55. The zero-order valence-electron chi connectivity index (χ0n) is 16.3. The number of benzene rings is 2. The molecule has 8 nitrogen and oxygen atoms in total. The Hall–Kier alpha value is -3.17. The van der Waals surface area contributed by atoms with Gasteiger partial charge < -0.3 is 19.3 Å². The Bertz CT molecular complexity index is 1080. The molecule has 0 fully saturated rings. The third kappa shape index (κ3) is 5.05. The monoisotopic (exact) mass is 447 g/mol. The Morgan fingerprint density at radius 1 is 1.10 bits per heavy atom.